The molecule has 0 spiro atoms. The number of carbonyl (C=O) groups is 2. The van der Waals surface area contributed by atoms with Crippen LogP contribution in [0.4, 0.5) is 0 Å². The third kappa shape index (κ3) is 3.69. The highest BCUT2D eigenvalue weighted by Crippen LogP contribution is 2.60. The van der Waals surface area contributed by atoms with Gasteiger partial charge in [0, 0.05) is 43.6 Å². The zero-order chi connectivity index (χ0) is 18.6. The van der Waals surface area contributed by atoms with Gasteiger partial charge in [0.2, 0.25) is 11.8 Å². The van der Waals surface area contributed by atoms with Gasteiger partial charge in [-0.15, -0.1) is 12.4 Å². The molecule has 0 radical (unpaired) electrons. The van der Waals surface area contributed by atoms with Crippen LogP contribution in [0, 0.1) is 23.2 Å². The van der Waals surface area contributed by atoms with Crippen LogP contribution in [0.25, 0.3) is 0 Å². The van der Waals surface area contributed by atoms with Crippen molar-refractivity contribution < 1.29 is 9.59 Å². The predicted octanol–water partition coefficient (Wildman–Crippen LogP) is 2.87. The van der Waals surface area contributed by atoms with Gasteiger partial charge in [0.15, 0.2) is 0 Å². The number of amides is 2. The Hall–Kier alpha value is -0.810. The smallest absolute Gasteiger partial charge is 0.226 e. The fourth-order valence-corrected chi connectivity index (χ4v) is 7.58. The fourth-order valence-electron chi connectivity index (χ4n) is 7.58. The lowest BCUT2D eigenvalue weighted by atomic mass is 9.49. The van der Waals surface area contributed by atoms with Crippen molar-refractivity contribution in [3.05, 3.63) is 0 Å². The molecular formula is C22H36ClN3O2. The van der Waals surface area contributed by atoms with Crippen molar-refractivity contribution in [2.24, 2.45) is 23.2 Å². The Labute approximate surface area is 175 Å². The minimum atomic E-state index is -0.0993. The molecule has 6 bridgehead atoms. The van der Waals surface area contributed by atoms with Gasteiger partial charge in [-0.2, -0.15) is 0 Å². The lowest BCUT2D eigenvalue weighted by Gasteiger charge is -2.55. The third-order valence-electron chi connectivity index (χ3n) is 8.53. The van der Waals surface area contributed by atoms with Crippen molar-refractivity contribution >= 4 is 24.2 Å². The van der Waals surface area contributed by atoms with Crippen LogP contribution in [0.2, 0.25) is 0 Å². The zero-order valence-electron chi connectivity index (χ0n) is 17.1. The van der Waals surface area contributed by atoms with Crippen LogP contribution in [0.15, 0.2) is 0 Å². The SMILES string of the molecule is CN(C(=O)CCNC(=O)C12CC3CC(CC(C3)C1)C2)C1CC2CCC(C1)N2.Cl. The van der Waals surface area contributed by atoms with Crippen molar-refractivity contribution in [2.45, 2.75) is 88.8 Å². The van der Waals surface area contributed by atoms with Crippen molar-refractivity contribution in [3.8, 4) is 0 Å². The molecule has 28 heavy (non-hydrogen) atoms. The number of nitrogens with one attached hydrogen (secondary N) is 2. The van der Waals surface area contributed by atoms with E-state index in [1.807, 2.05) is 11.9 Å². The number of nitrogens with zero attached hydrogens (tertiary/aromatic N) is 1. The standard InChI is InChI=1S/C22H35N3O2.ClH/c1-25(19-9-17-2-3-18(10-19)24-17)20(26)4-5-23-21(27)22-11-14-6-15(12-22)8-16(7-14)13-22;/h14-19,24H,2-13H2,1H3,(H,23,27);1H. The van der Waals surface area contributed by atoms with Gasteiger partial charge in [-0.25, -0.2) is 0 Å². The molecule has 5 nitrogen and oxygen atoms in total. The molecule has 0 aromatic carbocycles. The molecule has 0 aromatic heterocycles. The highest BCUT2D eigenvalue weighted by Gasteiger charge is 2.54. The van der Waals surface area contributed by atoms with Crippen molar-refractivity contribution in [2.75, 3.05) is 13.6 Å². The topological polar surface area (TPSA) is 61.4 Å². The molecule has 2 N–H and O–H groups in total. The summed E-state index contributed by atoms with van der Waals surface area (Å²) in [5.41, 5.74) is -0.0993. The first-order valence-corrected chi connectivity index (χ1v) is 11.3. The minimum Gasteiger partial charge on any atom is -0.355 e. The van der Waals surface area contributed by atoms with Crippen LogP contribution in [0.3, 0.4) is 0 Å². The van der Waals surface area contributed by atoms with Crippen LogP contribution in [-0.4, -0.2) is 48.4 Å². The van der Waals surface area contributed by atoms with E-state index < -0.39 is 0 Å². The molecule has 6 aliphatic rings. The quantitative estimate of drug-likeness (QED) is 0.733. The molecule has 2 atom stereocenters. The zero-order valence-corrected chi connectivity index (χ0v) is 17.9. The predicted molar refractivity (Wildman–Crippen MR) is 111 cm³/mol. The van der Waals surface area contributed by atoms with Crippen molar-refractivity contribution in [3.63, 3.8) is 0 Å². The molecule has 2 heterocycles. The lowest BCUT2D eigenvalue weighted by Crippen LogP contribution is -2.54. The maximum absolute atomic E-state index is 13.0. The fraction of sp³-hybridized carbons (Fsp3) is 0.909. The monoisotopic (exact) mass is 409 g/mol. The summed E-state index contributed by atoms with van der Waals surface area (Å²) in [6.07, 6.45) is 12.5. The third-order valence-corrected chi connectivity index (χ3v) is 8.53. The summed E-state index contributed by atoms with van der Waals surface area (Å²) < 4.78 is 0. The number of hydrogen-bond donors (Lipinski definition) is 2. The van der Waals surface area contributed by atoms with Gasteiger partial charge in [-0.05, 0) is 82.0 Å². The van der Waals surface area contributed by atoms with Crippen LogP contribution in [0.5, 0.6) is 0 Å². The second-order valence-corrected chi connectivity index (χ2v) is 10.5. The highest BCUT2D eigenvalue weighted by molar-refractivity contribution is 5.85. The lowest BCUT2D eigenvalue weighted by molar-refractivity contribution is -0.146. The normalized spacial score (nSPS) is 42.8. The van der Waals surface area contributed by atoms with Gasteiger partial charge in [-0.1, -0.05) is 0 Å². The summed E-state index contributed by atoms with van der Waals surface area (Å²) >= 11 is 0. The van der Waals surface area contributed by atoms with Crippen LogP contribution in [-0.2, 0) is 9.59 Å². The number of piperidine rings is 1. The van der Waals surface area contributed by atoms with Crippen molar-refractivity contribution in [1.82, 2.24) is 15.5 Å². The van der Waals surface area contributed by atoms with E-state index in [4.69, 9.17) is 0 Å². The average molecular weight is 410 g/mol. The number of hydrogen-bond acceptors (Lipinski definition) is 3. The molecule has 2 amide bonds. The molecule has 2 unspecified atom stereocenters. The van der Waals surface area contributed by atoms with Gasteiger partial charge in [0.25, 0.3) is 0 Å². The summed E-state index contributed by atoms with van der Waals surface area (Å²) in [5, 5.41) is 6.80. The Kier molecular flexibility index (Phi) is 5.69. The molecule has 6 heteroatoms. The number of fused-ring (bicyclic) bond motifs is 2. The summed E-state index contributed by atoms with van der Waals surface area (Å²) in [7, 11) is 1.96. The van der Waals surface area contributed by atoms with Gasteiger partial charge >= 0.3 is 0 Å². The van der Waals surface area contributed by atoms with Crippen molar-refractivity contribution in [1.29, 1.82) is 0 Å². The highest BCUT2D eigenvalue weighted by atomic mass is 35.5. The van der Waals surface area contributed by atoms with E-state index >= 15 is 0 Å². The Morgan fingerprint density at radius 2 is 1.50 bits per heavy atom. The van der Waals surface area contributed by atoms with Gasteiger partial charge in [0.1, 0.15) is 0 Å². The molecule has 158 valence electrons. The summed E-state index contributed by atoms with van der Waals surface area (Å²) in [6.45, 7) is 0.502. The second-order valence-electron chi connectivity index (χ2n) is 10.5. The Balaban J connectivity index is 0.00000192. The second kappa shape index (κ2) is 7.79. The summed E-state index contributed by atoms with van der Waals surface area (Å²) in [4.78, 5) is 27.6. The van der Waals surface area contributed by atoms with Gasteiger partial charge in [-0.3, -0.25) is 9.59 Å². The molecule has 6 fully saturated rings. The van der Waals surface area contributed by atoms with E-state index in [0.29, 0.717) is 31.1 Å². The first-order chi connectivity index (χ1) is 13.0. The van der Waals surface area contributed by atoms with E-state index in [-0.39, 0.29) is 29.6 Å². The molecule has 2 saturated heterocycles. The molecular weight excluding hydrogens is 374 g/mol. The molecule has 0 aromatic rings. The molecule has 2 aliphatic heterocycles. The largest absolute Gasteiger partial charge is 0.355 e. The van der Waals surface area contributed by atoms with Crippen LogP contribution < -0.4 is 10.6 Å². The maximum Gasteiger partial charge on any atom is 0.226 e. The first kappa shape index (κ1) is 20.5. The Bertz CT molecular complexity index is 578. The van der Waals surface area contributed by atoms with Crippen LogP contribution >= 0.6 is 12.4 Å². The maximum atomic E-state index is 13.0. The minimum absolute atomic E-state index is 0. The molecule has 6 rings (SSSR count). The van der Waals surface area contributed by atoms with E-state index in [0.717, 1.165) is 49.9 Å². The molecule has 4 aliphatic carbocycles. The average Bonchev–Trinajstić information content (AvgIpc) is 2.97. The number of halogens is 1. The van der Waals surface area contributed by atoms with E-state index in [2.05, 4.69) is 10.6 Å². The van der Waals surface area contributed by atoms with E-state index in [1.54, 1.807) is 0 Å². The number of carbonyl (C=O) groups excluding carboxylic acids is 2. The molecule has 4 saturated carbocycles. The first-order valence-electron chi connectivity index (χ1n) is 11.3. The van der Waals surface area contributed by atoms with E-state index in [9.17, 15) is 9.59 Å². The summed E-state index contributed by atoms with van der Waals surface area (Å²) in [6, 6.07) is 1.56. The Morgan fingerprint density at radius 1 is 0.964 bits per heavy atom. The van der Waals surface area contributed by atoms with Gasteiger partial charge in [0.05, 0.1) is 0 Å². The van der Waals surface area contributed by atoms with Gasteiger partial charge < -0.3 is 15.5 Å². The summed E-state index contributed by atoms with van der Waals surface area (Å²) in [5.74, 6) is 2.78. The Morgan fingerprint density at radius 3 is 2.04 bits per heavy atom. The number of rotatable bonds is 5. The van der Waals surface area contributed by atoms with Crippen LogP contribution in [0.1, 0.15) is 70.6 Å². The van der Waals surface area contributed by atoms with E-state index in [1.165, 1.54) is 32.1 Å².